The largest absolute Gasteiger partial charge is 0.300 e. The van der Waals surface area contributed by atoms with Crippen molar-refractivity contribution in [3.8, 4) is 0 Å². The highest BCUT2D eigenvalue weighted by molar-refractivity contribution is 5.90. The minimum absolute atomic E-state index is 0.0625. The molecule has 37 valence electrons. The van der Waals surface area contributed by atoms with E-state index in [1.165, 1.54) is 0 Å². The molecular weight excluding hydrogens is 92.1 g/mol. The van der Waals surface area contributed by atoms with E-state index in [2.05, 4.69) is 0 Å². The molecule has 1 aliphatic carbocycles. The van der Waals surface area contributed by atoms with Crippen LogP contribution in [-0.2, 0) is 9.59 Å². The smallest absolute Gasteiger partial charge is 0.202 e. The molecule has 0 heterocycles. The summed E-state index contributed by atoms with van der Waals surface area (Å²) in [5.41, 5.74) is 0. The van der Waals surface area contributed by atoms with Gasteiger partial charge in [0.2, 0.25) is 6.29 Å². The minimum atomic E-state index is -0.0625. The summed E-state index contributed by atoms with van der Waals surface area (Å²) < 4.78 is 0. The normalized spacial score (nSPS) is 21.4. The second-order valence-electron chi connectivity index (χ2n) is 1.76. The molecule has 0 unspecified atom stereocenters. The van der Waals surface area contributed by atoms with E-state index in [-0.39, 0.29) is 11.7 Å². The summed E-state index contributed by atoms with van der Waals surface area (Å²) in [6, 6.07) is 0. The van der Waals surface area contributed by atoms with Crippen LogP contribution in [0.1, 0.15) is 12.8 Å². The molecule has 0 aromatic carbocycles. The highest BCUT2D eigenvalue weighted by Crippen LogP contribution is 2.19. The highest BCUT2D eigenvalue weighted by Gasteiger charge is 2.25. The van der Waals surface area contributed by atoms with Crippen LogP contribution in [0.4, 0.5) is 0 Å². The van der Waals surface area contributed by atoms with Crippen molar-refractivity contribution in [2.45, 2.75) is 12.8 Å². The van der Waals surface area contributed by atoms with Crippen LogP contribution in [-0.4, -0.2) is 12.1 Å². The lowest BCUT2D eigenvalue weighted by Crippen LogP contribution is -2.23. The Morgan fingerprint density at radius 3 is 2.29 bits per heavy atom. The molecule has 2 nitrogen and oxygen atoms in total. The standard InChI is InChI=1S/C5H5O2/c6-3-4-1-5(7)2-4/h4H,1-2H2. The van der Waals surface area contributed by atoms with Gasteiger partial charge < -0.3 is 0 Å². The number of hydrogen-bond donors (Lipinski definition) is 0. The van der Waals surface area contributed by atoms with E-state index in [0.717, 1.165) is 0 Å². The maximum atomic E-state index is 10.1. The fourth-order valence-electron chi connectivity index (χ4n) is 0.573. The Morgan fingerprint density at radius 1 is 1.57 bits per heavy atom. The average molecular weight is 97.1 g/mol. The van der Waals surface area contributed by atoms with Crippen molar-refractivity contribution in [2.24, 2.45) is 5.92 Å². The second-order valence-corrected chi connectivity index (χ2v) is 1.76. The SMILES string of the molecule is O=[C]C1CC(=O)C1. The van der Waals surface area contributed by atoms with Crippen LogP contribution in [0.2, 0.25) is 0 Å². The van der Waals surface area contributed by atoms with Crippen LogP contribution in [0, 0.1) is 5.92 Å². The van der Waals surface area contributed by atoms with Crippen molar-refractivity contribution in [1.29, 1.82) is 0 Å². The average Bonchev–Trinajstić information content (AvgIpc) is 1.58. The lowest BCUT2D eigenvalue weighted by molar-refractivity contribution is -0.125. The summed E-state index contributed by atoms with van der Waals surface area (Å²) in [6.07, 6.45) is 2.63. The van der Waals surface area contributed by atoms with Gasteiger partial charge in [-0.3, -0.25) is 9.59 Å². The third-order valence-electron chi connectivity index (χ3n) is 1.11. The van der Waals surface area contributed by atoms with E-state index in [4.69, 9.17) is 0 Å². The maximum absolute atomic E-state index is 10.1. The zero-order chi connectivity index (χ0) is 5.28. The van der Waals surface area contributed by atoms with Gasteiger partial charge >= 0.3 is 0 Å². The Kier molecular flexibility index (Phi) is 0.929. The molecule has 0 aromatic rings. The first-order chi connectivity index (χ1) is 3.33. The van der Waals surface area contributed by atoms with Gasteiger partial charge in [-0.15, -0.1) is 0 Å². The number of ketones is 1. The Labute approximate surface area is 41.5 Å². The van der Waals surface area contributed by atoms with E-state index in [0.29, 0.717) is 12.8 Å². The summed E-state index contributed by atoms with van der Waals surface area (Å²) >= 11 is 0. The predicted octanol–water partition coefficient (Wildman–Crippen LogP) is 0.0752. The van der Waals surface area contributed by atoms with Gasteiger partial charge in [-0.05, 0) is 0 Å². The monoisotopic (exact) mass is 97.0 g/mol. The van der Waals surface area contributed by atoms with Crippen LogP contribution < -0.4 is 0 Å². The number of carbonyl (C=O) groups excluding carboxylic acids is 2. The van der Waals surface area contributed by atoms with Crippen LogP contribution in [0.3, 0.4) is 0 Å². The zero-order valence-electron chi connectivity index (χ0n) is 3.81. The Hall–Kier alpha value is -0.660. The second kappa shape index (κ2) is 1.45. The fraction of sp³-hybridized carbons (Fsp3) is 0.600. The van der Waals surface area contributed by atoms with Crippen molar-refractivity contribution in [2.75, 3.05) is 0 Å². The van der Waals surface area contributed by atoms with Gasteiger partial charge in [-0.2, -0.15) is 0 Å². The molecular formula is C5H5O2. The van der Waals surface area contributed by atoms with E-state index in [1.54, 1.807) is 6.29 Å². The van der Waals surface area contributed by atoms with Crippen molar-refractivity contribution >= 4 is 12.1 Å². The molecule has 0 aromatic heterocycles. The third kappa shape index (κ3) is 0.683. The molecule has 0 N–H and O–H groups in total. The highest BCUT2D eigenvalue weighted by atomic mass is 16.1. The summed E-state index contributed by atoms with van der Waals surface area (Å²) in [4.78, 5) is 19.7. The quantitative estimate of drug-likeness (QED) is 0.464. The first kappa shape index (κ1) is 4.50. The lowest BCUT2D eigenvalue weighted by atomic mass is 9.86. The first-order valence-corrected chi connectivity index (χ1v) is 2.22. The van der Waals surface area contributed by atoms with Gasteiger partial charge in [0.1, 0.15) is 5.78 Å². The summed E-state index contributed by atoms with van der Waals surface area (Å²) in [7, 11) is 0. The molecule has 1 radical (unpaired) electrons. The number of carbonyl (C=O) groups is 1. The molecule has 2 heteroatoms. The molecule has 1 rings (SSSR count). The van der Waals surface area contributed by atoms with E-state index >= 15 is 0 Å². The molecule has 0 atom stereocenters. The molecule has 0 bridgehead atoms. The van der Waals surface area contributed by atoms with Crippen molar-refractivity contribution in [3.05, 3.63) is 0 Å². The number of Topliss-reactive ketones (excluding diaryl/α,β-unsaturated/α-hetero) is 1. The van der Waals surface area contributed by atoms with Crippen molar-refractivity contribution < 1.29 is 9.59 Å². The maximum Gasteiger partial charge on any atom is 0.202 e. The molecule has 0 amide bonds. The molecule has 0 saturated heterocycles. The molecule has 7 heavy (non-hydrogen) atoms. The summed E-state index contributed by atoms with van der Waals surface area (Å²) in [5, 5.41) is 0. The predicted molar refractivity (Wildman–Crippen MR) is 23.4 cm³/mol. The van der Waals surface area contributed by atoms with Gasteiger partial charge in [-0.25, -0.2) is 0 Å². The Morgan fingerprint density at radius 2 is 2.14 bits per heavy atom. The van der Waals surface area contributed by atoms with E-state index < -0.39 is 0 Å². The third-order valence-corrected chi connectivity index (χ3v) is 1.11. The minimum Gasteiger partial charge on any atom is -0.300 e. The molecule has 1 saturated carbocycles. The molecule has 0 aliphatic heterocycles. The molecule has 0 spiro atoms. The van der Waals surface area contributed by atoms with E-state index in [1.807, 2.05) is 0 Å². The fourth-order valence-corrected chi connectivity index (χ4v) is 0.573. The zero-order valence-corrected chi connectivity index (χ0v) is 3.81. The van der Waals surface area contributed by atoms with Gasteiger partial charge in [0.05, 0.1) is 0 Å². The van der Waals surface area contributed by atoms with Crippen molar-refractivity contribution in [3.63, 3.8) is 0 Å². The van der Waals surface area contributed by atoms with Gasteiger partial charge in [-0.1, -0.05) is 0 Å². The van der Waals surface area contributed by atoms with Gasteiger partial charge in [0, 0.05) is 18.8 Å². The van der Waals surface area contributed by atoms with Crippen LogP contribution in [0.25, 0.3) is 0 Å². The van der Waals surface area contributed by atoms with Gasteiger partial charge in [0.25, 0.3) is 0 Å². The summed E-state index contributed by atoms with van der Waals surface area (Å²) in [6.45, 7) is 0. The lowest BCUT2D eigenvalue weighted by Gasteiger charge is -2.15. The molecule has 1 aliphatic rings. The van der Waals surface area contributed by atoms with E-state index in [9.17, 15) is 9.59 Å². The van der Waals surface area contributed by atoms with Crippen molar-refractivity contribution in [1.82, 2.24) is 0 Å². The van der Waals surface area contributed by atoms with Crippen LogP contribution >= 0.6 is 0 Å². The number of hydrogen-bond acceptors (Lipinski definition) is 2. The topological polar surface area (TPSA) is 34.1 Å². The first-order valence-electron chi connectivity index (χ1n) is 2.22. The summed E-state index contributed by atoms with van der Waals surface area (Å²) in [5.74, 6) is 0.126. The van der Waals surface area contributed by atoms with Gasteiger partial charge in [0.15, 0.2) is 0 Å². The Balaban J connectivity index is 2.29. The number of rotatable bonds is 1. The molecule has 1 fully saturated rings. The Bertz CT molecular complexity index is 98.6. The van der Waals surface area contributed by atoms with Crippen LogP contribution in [0.5, 0.6) is 0 Å². The van der Waals surface area contributed by atoms with Crippen LogP contribution in [0.15, 0.2) is 0 Å².